The fourth-order valence-corrected chi connectivity index (χ4v) is 4.38. The average molecular weight is 387 g/mol. The van der Waals surface area contributed by atoms with Gasteiger partial charge in [-0.3, -0.25) is 9.59 Å². The third kappa shape index (κ3) is 5.83. The molecule has 0 radical (unpaired) electrons. The lowest BCUT2D eigenvalue weighted by Gasteiger charge is -2.37. The fourth-order valence-electron chi connectivity index (χ4n) is 4.38. The van der Waals surface area contributed by atoms with Gasteiger partial charge in [-0.05, 0) is 44.7 Å². The van der Waals surface area contributed by atoms with Gasteiger partial charge in [0.05, 0.1) is 0 Å². The summed E-state index contributed by atoms with van der Waals surface area (Å²) >= 11 is 0. The van der Waals surface area contributed by atoms with E-state index >= 15 is 0 Å². The molecule has 1 atom stereocenters. The third-order valence-corrected chi connectivity index (χ3v) is 6.02. The van der Waals surface area contributed by atoms with Crippen molar-refractivity contribution < 1.29 is 9.59 Å². The molecule has 3 aliphatic heterocycles. The number of piperazine rings is 1. The molecule has 3 saturated heterocycles. The highest BCUT2D eigenvalue weighted by Crippen LogP contribution is 2.23. The van der Waals surface area contributed by atoms with E-state index in [1.165, 1.54) is 6.42 Å². The highest BCUT2D eigenvalue weighted by atomic mass is 35.5. The first-order chi connectivity index (χ1) is 12.1. The lowest BCUT2D eigenvalue weighted by molar-refractivity contribution is -0.139. The van der Waals surface area contributed by atoms with E-state index in [9.17, 15) is 9.59 Å². The van der Waals surface area contributed by atoms with Crippen LogP contribution < -0.4 is 5.32 Å². The molecule has 3 aliphatic rings. The molecular formula is C19H35ClN4O2. The van der Waals surface area contributed by atoms with Crippen LogP contribution in [0.2, 0.25) is 0 Å². The number of likely N-dealkylation sites (tertiary alicyclic amines) is 2. The van der Waals surface area contributed by atoms with Crippen molar-refractivity contribution >= 4 is 24.2 Å². The number of carbonyl (C=O) groups excluding carboxylic acids is 2. The Labute approximate surface area is 164 Å². The molecule has 26 heavy (non-hydrogen) atoms. The van der Waals surface area contributed by atoms with Gasteiger partial charge >= 0.3 is 0 Å². The fraction of sp³-hybridized carbons (Fsp3) is 0.895. The molecule has 0 aromatic carbocycles. The summed E-state index contributed by atoms with van der Waals surface area (Å²) in [5.41, 5.74) is 0. The summed E-state index contributed by atoms with van der Waals surface area (Å²) in [5.74, 6) is 1.50. The second kappa shape index (κ2) is 10.5. The van der Waals surface area contributed by atoms with Crippen LogP contribution in [0.25, 0.3) is 0 Å². The van der Waals surface area contributed by atoms with E-state index in [4.69, 9.17) is 0 Å². The van der Waals surface area contributed by atoms with Crippen LogP contribution in [0, 0.1) is 11.8 Å². The molecule has 0 aliphatic carbocycles. The number of carbonyl (C=O) groups is 2. The summed E-state index contributed by atoms with van der Waals surface area (Å²) in [5, 5.41) is 3.28. The zero-order valence-corrected chi connectivity index (χ0v) is 16.9. The van der Waals surface area contributed by atoms with E-state index in [1.807, 2.05) is 4.90 Å². The van der Waals surface area contributed by atoms with Crippen LogP contribution >= 0.6 is 12.4 Å². The van der Waals surface area contributed by atoms with Crippen LogP contribution in [0.15, 0.2) is 0 Å². The van der Waals surface area contributed by atoms with Gasteiger partial charge in [-0.2, -0.15) is 0 Å². The molecule has 6 nitrogen and oxygen atoms in total. The first-order valence-corrected chi connectivity index (χ1v) is 10.1. The van der Waals surface area contributed by atoms with Crippen LogP contribution in [0.4, 0.5) is 0 Å². The van der Waals surface area contributed by atoms with Gasteiger partial charge in [-0.15, -0.1) is 12.4 Å². The molecule has 3 heterocycles. The number of amides is 2. The second-order valence-electron chi connectivity index (χ2n) is 8.03. The zero-order chi connectivity index (χ0) is 17.6. The summed E-state index contributed by atoms with van der Waals surface area (Å²) in [6.07, 6.45) is 4.92. The molecule has 7 heteroatoms. The van der Waals surface area contributed by atoms with Crippen molar-refractivity contribution in [3.8, 4) is 0 Å². The lowest BCUT2D eigenvalue weighted by atomic mass is 9.92. The lowest BCUT2D eigenvalue weighted by Crippen LogP contribution is -2.48. The van der Waals surface area contributed by atoms with Gasteiger partial charge in [0.1, 0.15) is 0 Å². The molecular weight excluding hydrogens is 352 g/mol. The van der Waals surface area contributed by atoms with Crippen molar-refractivity contribution in [2.45, 2.75) is 39.0 Å². The first-order valence-electron chi connectivity index (χ1n) is 10.1. The summed E-state index contributed by atoms with van der Waals surface area (Å²) in [7, 11) is 0. The van der Waals surface area contributed by atoms with Crippen molar-refractivity contribution in [1.82, 2.24) is 20.0 Å². The molecule has 0 spiro atoms. The molecule has 2 amide bonds. The van der Waals surface area contributed by atoms with Crippen LogP contribution in [0.5, 0.6) is 0 Å². The molecule has 0 aromatic heterocycles. The summed E-state index contributed by atoms with van der Waals surface area (Å²) < 4.78 is 0. The van der Waals surface area contributed by atoms with E-state index in [-0.39, 0.29) is 24.2 Å². The van der Waals surface area contributed by atoms with E-state index in [2.05, 4.69) is 22.0 Å². The standard InChI is InChI=1S/C19H34N4O2.ClH/c1-16-3-2-9-23(15-16)19(25)17-4-10-21(11-5-17)12-6-18(24)22-13-7-20-8-14-22;/h16-17,20H,2-15H2,1H3;1H. The van der Waals surface area contributed by atoms with Crippen molar-refractivity contribution in [3.63, 3.8) is 0 Å². The molecule has 3 rings (SSSR count). The Morgan fingerprint density at radius 1 is 0.962 bits per heavy atom. The molecule has 1 N–H and O–H groups in total. The summed E-state index contributed by atoms with van der Waals surface area (Å²) in [6, 6.07) is 0. The largest absolute Gasteiger partial charge is 0.342 e. The maximum Gasteiger partial charge on any atom is 0.225 e. The quantitative estimate of drug-likeness (QED) is 0.788. The van der Waals surface area contributed by atoms with Crippen LogP contribution in [-0.4, -0.2) is 85.4 Å². The number of rotatable bonds is 4. The topological polar surface area (TPSA) is 55.9 Å². The molecule has 1 unspecified atom stereocenters. The Bertz CT molecular complexity index is 462. The Morgan fingerprint density at radius 3 is 2.31 bits per heavy atom. The van der Waals surface area contributed by atoms with Gasteiger partial charge < -0.3 is 20.0 Å². The minimum Gasteiger partial charge on any atom is -0.342 e. The monoisotopic (exact) mass is 386 g/mol. The molecule has 150 valence electrons. The van der Waals surface area contributed by atoms with Gasteiger partial charge in [0.15, 0.2) is 0 Å². The Balaban J connectivity index is 0.00000243. The number of hydrogen-bond donors (Lipinski definition) is 1. The van der Waals surface area contributed by atoms with Gasteiger partial charge in [0, 0.05) is 58.2 Å². The van der Waals surface area contributed by atoms with E-state index in [0.717, 1.165) is 78.2 Å². The predicted molar refractivity (Wildman–Crippen MR) is 105 cm³/mol. The highest BCUT2D eigenvalue weighted by Gasteiger charge is 2.30. The summed E-state index contributed by atoms with van der Waals surface area (Å²) in [4.78, 5) is 31.4. The Kier molecular flexibility index (Phi) is 8.64. The molecule has 3 fully saturated rings. The van der Waals surface area contributed by atoms with E-state index in [1.54, 1.807) is 0 Å². The predicted octanol–water partition coefficient (Wildman–Crippen LogP) is 1.20. The van der Waals surface area contributed by atoms with Crippen LogP contribution in [0.3, 0.4) is 0 Å². The minimum atomic E-state index is 0. The second-order valence-corrected chi connectivity index (χ2v) is 8.03. The number of nitrogens with one attached hydrogen (secondary N) is 1. The van der Waals surface area contributed by atoms with Crippen molar-refractivity contribution in [2.75, 3.05) is 58.9 Å². The van der Waals surface area contributed by atoms with Crippen LogP contribution in [-0.2, 0) is 9.59 Å². The SMILES string of the molecule is CC1CCCN(C(=O)C2CCN(CCC(=O)N3CCNCC3)CC2)C1.Cl. The Morgan fingerprint density at radius 2 is 1.65 bits per heavy atom. The van der Waals surface area contributed by atoms with Gasteiger partial charge in [-0.25, -0.2) is 0 Å². The highest BCUT2D eigenvalue weighted by molar-refractivity contribution is 5.85. The molecule has 0 aromatic rings. The minimum absolute atomic E-state index is 0. The van der Waals surface area contributed by atoms with Gasteiger partial charge in [-0.1, -0.05) is 6.92 Å². The Hall–Kier alpha value is -0.850. The van der Waals surface area contributed by atoms with E-state index < -0.39 is 0 Å². The van der Waals surface area contributed by atoms with Gasteiger partial charge in [0.2, 0.25) is 11.8 Å². The first kappa shape index (κ1) is 21.5. The van der Waals surface area contributed by atoms with Gasteiger partial charge in [0.25, 0.3) is 0 Å². The maximum atomic E-state index is 12.7. The zero-order valence-electron chi connectivity index (χ0n) is 16.1. The van der Waals surface area contributed by atoms with E-state index in [0.29, 0.717) is 18.2 Å². The summed E-state index contributed by atoms with van der Waals surface area (Å²) in [6.45, 7) is 10.4. The molecule has 0 saturated carbocycles. The smallest absolute Gasteiger partial charge is 0.225 e. The number of hydrogen-bond acceptors (Lipinski definition) is 4. The molecule has 0 bridgehead atoms. The van der Waals surface area contributed by atoms with Crippen LogP contribution in [0.1, 0.15) is 39.0 Å². The van der Waals surface area contributed by atoms with Crippen molar-refractivity contribution in [1.29, 1.82) is 0 Å². The average Bonchev–Trinajstić information content (AvgIpc) is 2.66. The maximum absolute atomic E-state index is 12.7. The number of piperidine rings is 2. The number of nitrogens with zero attached hydrogens (tertiary/aromatic N) is 3. The number of halogens is 1. The normalized spacial score (nSPS) is 25.7. The van der Waals surface area contributed by atoms with Crippen molar-refractivity contribution in [2.24, 2.45) is 11.8 Å². The third-order valence-electron chi connectivity index (χ3n) is 6.02. The van der Waals surface area contributed by atoms with Crippen molar-refractivity contribution in [3.05, 3.63) is 0 Å².